The van der Waals surface area contributed by atoms with Crippen LogP contribution in [-0.4, -0.2) is 59.6 Å². The minimum atomic E-state index is -1.07. The second-order valence-corrected chi connectivity index (χ2v) is 5.87. The number of amides is 1. The van der Waals surface area contributed by atoms with E-state index in [-0.39, 0.29) is 25.5 Å². The lowest BCUT2D eigenvalue weighted by Gasteiger charge is -2.22. The molecule has 1 saturated heterocycles. The van der Waals surface area contributed by atoms with E-state index in [4.69, 9.17) is 4.74 Å². The number of hydrogen-bond donors (Lipinski definition) is 1. The Morgan fingerprint density at radius 2 is 2.22 bits per heavy atom. The molecule has 0 unspecified atom stereocenters. The van der Waals surface area contributed by atoms with Gasteiger partial charge in [-0.2, -0.15) is 0 Å². The fraction of sp³-hybridized carbons (Fsp3) is 0.471. The number of benzene rings is 1. The minimum absolute atomic E-state index is 0.0433. The van der Waals surface area contributed by atoms with Gasteiger partial charge in [0.15, 0.2) is 0 Å². The zero-order chi connectivity index (χ0) is 16.4. The monoisotopic (exact) mass is 320 g/mol. The van der Waals surface area contributed by atoms with Gasteiger partial charge in [-0.1, -0.05) is 18.2 Å². The number of para-hydroxylation sites is 1. The van der Waals surface area contributed by atoms with Crippen molar-refractivity contribution in [3.05, 3.63) is 36.0 Å². The number of methoxy groups -OCH3 is 1. The van der Waals surface area contributed by atoms with Gasteiger partial charge in [-0.25, -0.2) is 4.39 Å². The summed E-state index contributed by atoms with van der Waals surface area (Å²) in [4.78, 5) is 14.3. The molecule has 3 rings (SSSR count). The number of alkyl halides is 1. The molecule has 1 aliphatic heterocycles. The smallest absolute Gasteiger partial charge is 0.256 e. The highest BCUT2D eigenvalue weighted by Gasteiger charge is 2.36. The fourth-order valence-electron chi connectivity index (χ4n) is 3.23. The molecule has 23 heavy (non-hydrogen) atoms. The molecule has 1 amide bonds. The molecule has 6 heteroatoms. The second-order valence-electron chi connectivity index (χ2n) is 5.87. The van der Waals surface area contributed by atoms with Gasteiger partial charge in [0.2, 0.25) is 0 Å². The number of aromatic nitrogens is 1. The third-order valence-electron chi connectivity index (χ3n) is 4.39. The van der Waals surface area contributed by atoms with Crippen molar-refractivity contribution in [3.63, 3.8) is 0 Å². The Bertz CT molecular complexity index is 700. The summed E-state index contributed by atoms with van der Waals surface area (Å²) in [6.07, 6.45) is 0.925. The van der Waals surface area contributed by atoms with Crippen LogP contribution in [0.15, 0.2) is 30.5 Å². The molecule has 1 aromatic carbocycles. The van der Waals surface area contributed by atoms with Crippen molar-refractivity contribution in [2.24, 2.45) is 0 Å². The number of aliphatic hydroxyl groups is 1. The summed E-state index contributed by atoms with van der Waals surface area (Å²) in [5.41, 5.74) is 1.49. The quantitative estimate of drug-likeness (QED) is 0.914. The van der Waals surface area contributed by atoms with Gasteiger partial charge < -0.3 is 19.3 Å². The van der Waals surface area contributed by atoms with Crippen LogP contribution in [0.3, 0.4) is 0 Å². The molecule has 0 aliphatic carbocycles. The number of likely N-dealkylation sites (tertiary alicyclic amines) is 1. The van der Waals surface area contributed by atoms with Gasteiger partial charge >= 0.3 is 0 Å². The summed E-state index contributed by atoms with van der Waals surface area (Å²) in [7, 11) is 1.63. The number of carbonyl (C=O) groups is 1. The third-order valence-corrected chi connectivity index (χ3v) is 4.39. The van der Waals surface area contributed by atoms with Crippen molar-refractivity contribution >= 4 is 16.8 Å². The van der Waals surface area contributed by atoms with Gasteiger partial charge in [0, 0.05) is 37.2 Å². The Hall–Kier alpha value is -1.92. The van der Waals surface area contributed by atoms with E-state index in [9.17, 15) is 14.3 Å². The molecule has 2 aromatic rings. The topological polar surface area (TPSA) is 54.7 Å². The molecular formula is C17H21FN2O3. The average molecular weight is 320 g/mol. The molecular weight excluding hydrogens is 299 g/mol. The van der Waals surface area contributed by atoms with Gasteiger partial charge in [0.1, 0.15) is 6.17 Å². The lowest BCUT2D eigenvalue weighted by Crippen LogP contribution is -2.37. The number of fused-ring (bicyclic) bond motifs is 1. The molecule has 1 N–H and O–H groups in total. The third kappa shape index (κ3) is 2.96. The van der Waals surface area contributed by atoms with Crippen LogP contribution in [0.2, 0.25) is 0 Å². The Balaban J connectivity index is 1.97. The largest absolute Gasteiger partial charge is 0.394 e. The van der Waals surface area contributed by atoms with Gasteiger partial charge in [0.25, 0.3) is 5.91 Å². The van der Waals surface area contributed by atoms with Crippen molar-refractivity contribution < 1.29 is 19.0 Å². The predicted molar refractivity (Wildman–Crippen MR) is 85.2 cm³/mol. The molecule has 0 saturated carbocycles. The SMILES string of the molecule is COCCn1cc(C(=O)N2C[C@@H](F)C[C@H]2CO)c2ccccc21. The maximum Gasteiger partial charge on any atom is 0.256 e. The predicted octanol–water partition coefficient (Wildman–Crippen LogP) is 1.83. The zero-order valence-corrected chi connectivity index (χ0v) is 13.1. The summed E-state index contributed by atoms with van der Waals surface area (Å²) in [5, 5.41) is 10.2. The number of rotatable bonds is 5. The van der Waals surface area contributed by atoms with E-state index >= 15 is 0 Å². The van der Waals surface area contributed by atoms with E-state index in [1.807, 2.05) is 28.8 Å². The number of halogens is 1. The summed E-state index contributed by atoms with van der Waals surface area (Å²) in [6, 6.07) is 7.20. The van der Waals surface area contributed by atoms with Crippen molar-refractivity contribution in [3.8, 4) is 0 Å². The molecule has 1 fully saturated rings. The standard InChI is InChI=1S/C17H21FN2O3/c1-23-7-6-19-10-15(14-4-2-3-5-16(14)19)17(22)20-9-12(18)8-13(20)11-21/h2-5,10,12-13,21H,6-9,11H2,1H3/t12-,13-/m0/s1. The first kappa shape index (κ1) is 16.0. The van der Waals surface area contributed by atoms with Crippen molar-refractivity contribution in [2.75, 3.05) is 26.9 Å². The molecule has 1 aliphatic rings. The highest BCUT2D eigenvalue weighted by molar-refractivity contribution is 6.07. The van der Waals surface area contributed by atoms with E-state index in [0.29, 0.717) is 18.7 Å². The molecule has 0 bridgehead atoms. The molecule has 5 nitrogen and oxygen atoms in total. The van der Waals surface area contributed by atoms with E-state index in [1.54, 1.807) is 13.3 Å². The van der Waals surface area contributed by atoms with Crippen LogP contribution in [0, 0.1) is 0 Å². The van der Waals surface area contributed by atoms with Crippen molar-refractivity contribution in [2.45, 2.75) is 25.2 Å². The van der Waals surface area contributed by atoms with Crippen LogP contribution in [0.25, 0.3) is 10.9 Å². The van der Waals surface area contributed by atoms with Crippen LogP contribution in [0.4, 0.5) is 4.39 Å². The Labute approximate surface area is 134 Å². The van der Waals surface area contributed by atoms with Crippen LogP contribution < -0.4 is 0 Å². The summed E-state index contributed by atoms with van der Waals surface area (Å²) < 4.78 is 20.7. The van der Waals surface area contributed by atoms with Gasteiger partial charge in [-0.3, -0.25) is 4.79 Å². The number of nitrogens with zero attached hydrogens (tertiary/aromatic N) is 2. The Morgan fingerprint density at radius 3 is 2.96 bits per heavy atom. The van der Waals surface area contributed by atoms with Gasteiger partial charge in [-0.05, 0) is 6.07 Å². The molecule has 0 spiro atoms. The number of aliphatic hydroxyl groups excluding tert-OH is 1. The van der Waals surface area contributed by atoms with Gasteiger partial charge in [0.05, 0.1) is 31.4 Å². The van der Waals surface area contributed by atoms with Crippen LogP contribution in [-0.2, 0) is 11.3 Å². The van der Waals surface area contributed by atoms with Crippen LogP contribution in [0.5, 0.6) is 0 Å². The molecule has 124 valence electrons. The first-order valence-corrected chi connectivity index (χ1v) is 7.78. The van der Waals surface area contributed by atoms with Crippen molar-refractivity contribution in [1.82, 2.24) is 9.47 Å². The number of ether oxygens (including phenoxy) is 1. The van der Waals surface area contributed by atoms with Crippen LogP contribution >= 0.6 is 0 Å². The highest BCUT2D eigenvalue weighted by Crippen LogP contribution is 2.27. The lowest BCUT2D eigenvalue weighted by atomic mass is 10.1. The van der Waals surface area contributed by atoms with Gasteiger partial charge in [-0.15, -0.1) is 0 Å². The highest BCUT2D eigenvalue weighted by atomic mass is 19.1. The maximum atomic E-state index is 13.6. The first-order chi connectivity index (χ1) is 11.2. The Morgan fingerprint density at radius 1 is 1.43 bits per heavy atom. The summed E-state index contributed by atoms with van der Waals surface area (Å²) in [5.74, 6) is -0.225. The fourth-order valence-corrected chi connectivity index (χ4v) is 3.23. The van der Waals surface area contributed by atoms with E-state index in [0.717, 1.165) is 10.9 Å². The van der Waals surface area contributed by atoms with E-state index in [1.165, 1.54) is 4.90 Å². The Kier molecular flexibility index (Phi) is 4.63. The van der Waals surface area contributed by atoms with Crippen molar-refractivity contribution in [1.29, 1.82) is 0 Å². The number of hydrogen-bond acceptors (Lipinski definition) is 3. The molecule has 1 aromatic heterocycles. The maximum absolute atomic E-state index is 13.6. The summed E-state index contributed by atoms with van der Waals surface area (Å²) >= 11 is 0. The molecule has 2 heterocycles. The number of carbonyl (C=O) groups excluding carboxylic acids is 1. The first-order valence-electron chi connectivity index (χ1n) is 7.78. The average Bonchev–Trinajstić information content (AvgIpc) is 3.13. The molecule has 2 atom stereocenters. The van der Waals surface area contributed by atoms with Crippen LogP contribution in [0.1, 0.15) is 16.8 Å². The second kappa shape index (κ2) is 6.68. The van der Waals surface area contributed by atoms with E-state index < -0.39 is 12.2 Å². The molecule has 0 radical (unpaired) electrons. The normalized spacial score (nSPS) is 21.3. The van der Waals surface area contributed by atoms with E-state index in [2.05, 4.69) is 0 Å². The zero-order valence-electron chi connectivity index (χ0n) is 13.1. The summed E-state index contributed by atoms with van der Waals surface area (Å²) in [6.45, 7) is 1.01. The minimum Gasteiger partial charge on any atom is -0.394 e. The lowest BCUT2D eigenvalue weighted by molar-refractivity contribution is 0.0674.